The van der Waals surface area contributed by atoms with Crippen LogP contribution >= 0.6 is 11.6 Å². The van der Waals surface area contributed by atoms with Gasteiger partial charge in [-0.05, 0) is 17.0 Å². The smallest absolute Gasteiger partial charge is 0.0659 e. The number of benzene rings is 1. The Bertz CT molecular complexity index is 463. The molecule has 0 saturated carbocycles. The summed E-state index contributed by atoms with van der Waals surface area (Å²) in [6.07, 6.45) is 1.83. The Hall–Kier alpha value is -0.950. The Balaban J connectivity index is 2.63. The molecule has 1 aromatic carbocycles. The molecule has 2 rings (SSSR count). The fourth-order valence-corrected chi connectivity index (χ4v) is 1.78. The number of fused-ring (bicyclic) bond motifs is 1. The molecule has 0 aliphatic heterocycles. The number of hydrogen-bond acceptors (Lipinski definition) is 0. The summed E-state index contributed by atoms with van der Waals surface area (Å²) in [6, 6.07) is 6.39. The number of aromatic nitrogens is 1. The minimum atomic E-state index is 0.186. The van der Waals surface area contributed by atoms with Gasteiger partial charge in [0.2, 0.25) is 0 Å². The van der Waals surface area contributed by atoms with Crippen LogP contribution in [0.2, 0.25) is 5.02 Å². The number of halogens is 1. The summed E-state index contributed by atoms with van der Waals surface area (Å²) in [5.41, 5.74) is 2.62. The van der Waals surface area contributed by atoms with Crippen LogP contribution in [0, 0.1) is 0 Å². The maximum atomic E-state index is 6.01. The summed E-state index contributed by atoms with van der Waals surface area (Å²) in [4.78, 5) is 3.17. The van der Waals surface area contributed by atoms with Gasteiger partial charge in [-0.15, -0.1) is 0 Å². The highest BCUT2D eigenvalue weighted by atomic mass is 35.5. The molecule has 0 amide bonds. The molecule has 1 aromatic heterocycles. The summed E-state index contributed by atoms with van der Waals surface area (Å²) in [5.74, 6) is 0. The Labute approximate surface area is 89.1 Å². The molecule has 0 saturated heterocycles. The zero-order valence-corrected chi connectivity index (χ0v) is 9.44. The van der Waals surface area contributed by atoms with Gasteiger partial charge in [0.1, 0.15) is 0 Å². The third kappa shape index (κ3) is 1.53. The van der Waals surface area contributed by atoms with E-state index in [-0.39, 0.29) is 5.41 Å². The van der Waals surface area contributed by atoms with Gasteiger partial charge in [0.25, 0.3) is 0 Å². The topological polar surface area (TPSA) is 15.8 Å². The Kier molecular flexibility index (Phi) is 2.07. The SMILES string of the molecule is CC(C)(C)c1ccc2c(Cl)c[nH]c2c1. The molecule has 1 nitrogen and oxygen atoms in total. The number of aromatic amines is 1. The van der Waals surface area contributed by atoms with Crippen molar-refractivity contribution in [3.8, 4) is 0 Å². The average molecular weight is 208 g/mol. The highest BCUT2D eigenvalue weighted by Crippen LogP contribution is 2.28. The second-order valence-corrected chi connectivity index (χ2v) is 5.05. The predicted octanol–water partition coefficient (Wildman–Crippen LogP) is 4.12. The van der Waals surface area contributed by atoms with Crippen molar-refractivity contribution in [2.45, 2.75) is 26.2 Å². The van der Waals surface area contributed by atoms with Crippen molar-refractivity contribution in [2.24, 2.45) is 0 Å². The van der Waals surface area contributed by atoms with Gasteiger partial charge in [-0.25, -0.2) is 0 Å². The fraction of sp³-hybridized carbons (Fsp3) is 0.333. The minimum absolute atomic E-state index is 0.186. The summed E-state index contributed by atoms with van der Waals surface area (Å²) in [5, 5.41) is 1.89. The van der Waals surface area contributed by atoms with Crippen molar-refractivity contribution in [3.05, 3.63) is 35.0 Å². The molecule has 0 spiro atoms. The van der Waals surface area contributed by atoms with E-state index in [0.717, 1.165) is 15.9 Å². The normalized spacial score (nSPS) is 12.3. The van der Waals surface area contributed by atoms with E-state index < -0.39 is 0 Å². The molecular formula is C12H14ClN. The summed E-state index contributed by atoms with van der Waals surface area (Å²) in [6.45, 7) is 6.62. The molecule has 0 atom stereocenters. The molecule has 74 valence electrons. The zero-order chi connectivity index (χ0) is 10.3. The molecule has 2 aromatic rings. The first kappa shape index (κ1) is 9.60. The molecule has 0 aliphatic rings. The molecule has 0 fully saturated rings. The Morgan fingerprint density at radius 3 is 2.57 bits per heavy atom. The lowest BCUT2D eigenvalue weighted by molar-refractivity contribution is 0.591. The van der Waals surface area contributed by atoms with Crippen LogP contribution in [-0.4, -0.2) is 4.98 Å². The predicted molar refractivity (Wildman–Crippen MR) is 62.0 cm³/mol. The van der Waals surface area contributed by atoms with Gasteiger partial charge >= 0.3 is 0 Å². The molecule has 0 bridgehead atoms. The highest BCUT2D eigenvalue weighted by molar-refractivity contribution is 6.35. The summed E-state index contributed by atoms with van der Waals surface area (Å²) in [7, 11) is 0. The number of nitrogens with one attached hydrogen (secondary N) is 1. The van der Waals surface area contributed by atoms with Crippen LogP contribution in [0.15, 0.2) is 24.4 Å². The fourth-order valence-electron chi connectivity index (χ4n) is 1.56. The van der Waals surface area contributed by atoms with Crippen molar-refractivity contribution in [1.82, 2.24) is 4.98 Å². The summed E-state index contributed by atoms with van der Waals surface area (Å²) >= 11 is 6.01. The lowest BCUT2D eigenvalue weighted by Crippen LogP contribution is -2.10. The van der Waals surface area contributed by atoms with Gasteiger partial charge < -0.3 is 4.98 Å². The Morgan fingerprint density at radius 1 is 1.21 bits per heavy atom. The van der Waals surface area contributed by atoms with Crippen molar-refractivity contribution in [1.29, 1.82) is 0 Å². The van der Waals surface area contributed by atoms with Crippen molar-refractivity contribution in [3.63, 3.8) is 0 Å². The lowest BCUT2D eigenvalue weighted by Gasteiger charge is -2.18. The van der Waals surface area contributed by atoms with Gasteiger partial charge in [0, 0.05) is 17.1 Å². The first-order chi connectivity index (χ1) is 6.48. The van der Waals surface area contributed by atoms with Crippen molar-refractivity contribution >= 4 is 22.5 Å². The second kappa shape index (κ2) is 3.03. The molecule has 2 heteroatoms. The van der Waals surface area contributed by atoms with Gasteiger partial charge in [-0.1, -0.05) is 44.5 Å². The molecule has 1 N–H and O–H groups in total. The van der Waals surface area contributed by atoms with Gasteiger partial charge in [0.05, 0.1) is 5.02 Å². The molecule has 0 radical (unpaired) electrons. The molecule has 0 aliphatic carbocycles. The van der Waals surface area contributed by atoms with Crippen LogP contribution in [0.3, 0.4) is 0 Å². The third-order valence-corrected chi connectivity index (χ3v) is 2.81. The highest BCUT2D eigenvalue weighted by Gasteiger charge is 2.14. The van der Waals surface area contributed by atoms with E-state index in [1.165, 1.54) is 5.56 Å². The quantitative estimate of drug-likeness (QED) is 0.669. The van der Waals surface area contributed by atoms with Crippen molar-refractivity contribution in [2.75, 3.05) is 0 Å². The first-order valence-electron chi connectivity index (χ1n) is 4.75. The van der Waals surface area contributed by atoms with Gasteiger partial charge in [-0.3, -0.25) is 0 Å². The van der Waals surface area contributed by atoms with E-state index in [4.69, 9.17) is 11.6 Å². The largest absolute Gasteiger partial charge is 0.360 e. The lowest BCUT2D eigenvalue weighted by atomic mass is 9.87. The standard InChI is InChI=1S/C12H14ClN/c1-12(2,3)8-4-5-9-10(13)7-14-11(9)6-8/h4-7,14H,1-3H3. The number of H-pyrrole nitrogens is 1. The van der Waals surface area contributed by atoms with Crippen LogP contribution in [0.1, 0.15) is 26.3 Å². The summed E-state index contributed by atoms with van der Waals surface area (Å²) < 4.78 is 0. The average Bonchev–Trinajstić information content (AvgIpc) is 2.46. The van der Waals surface area contributed by atoms with Crippen LogP contribution < -0.4 is 0 Å². The van der Waals surface area contributed by atoms with Crippen LogP contribution in [0.5, 0.6) is 0 Å². The first-order valence-corrected chi connectivity index (χ1v) is 5.13. The number of rotatable bonds is 0. The van der Waals surface area contributed by atoms with E-state index in [2.05, 4.69) is 44.0 Å². The van der Waals surface area contributed by atoms with E-state index in [0.29, 0.717) is 0 Å². The van der Waals surface area contributed by atoms with Crippen LogP contribution in [0.4, 0.5) is 0 Å². The Morgan fingerprint density at radius 2 is 1.93 bits per heavy atom. The second-order valence-electron chi connectivity index (χ2n) is 4.65. The van der Waals surface area contributed by atoms with Gasteiger partial charge in [0.15, 0.2) is 0 Å². The van der Waals surface area contributed by atoms with E-state index >= 15 is 0 Å². The monoisotopic (exact) mass is 207 g/mol. The molecule has 14 heavy (non-hydrogen) atoms. The van der Waals surface area contributed by atoms with E-state index in [1.807, 2.05) is 6.20 Å². The van der Waals surface area contributed by atoms with Crippen LogP contribution in [0.25, 0.3) is 10.9 Å². The third-order valence-electron chi connectivity index (χ3n) is 2.50. The van der Waals surface area contributed by atoms with E-state index in [9.17, 15) is 0 Å². The maximum Gasteiger partial charge on any atom is 0.0659 e. The minimum Gasteiger partial charge on any atom is -0.360 e. The number of hydrogen-bond donors (Lipinski definition) is 1. The molecule has 1 heterocycles. The molecule has 0 unspecified atom stereocenters. The van der Waals surface area contributed by atoms with E-state index in [1.54, 1.807) is 0 Å². The van der Waals surface area contributed by atoms with Gasteiger partial charge in [-0.2, -0.15) is 0 Å². The maximum absolute atomic E-state index is 6.01. The molecular weight excluding hydrogens is 194 g/mol. The van der Waals surface area contributed by atoms with Crippen molar-refractivity contribution < 1.29 is 0 Å². The zero-order valence-electron chi connectivity index (χ0n) is 8.69. The van der Waals surface area contributed by atoms with Crippen LogP contribution in [-0.2, 0) is 5.41 Å².